The average molecular weight is 350 g/mol. The summed E-state index contributed by atoms with van der Waals surface area (Å²) in [6.45, 7) is 3.95. The normalized spacial score (nSPS) is 15.1. The maximum Gasteiger partial charge on any atom is 0.239 e. The minimum absolute atomic E-state index is 0. The van der Waals surface area contributed by atoms with Crippen molar-refractivity contribution in [1.82, 2.24) is 5.32 Å². The van der Waals surface area contributed by atoms with Crippen molar-refractivity contribution in [2.45, 2.75) is 25.4 Å². The summed E-state index contributed by atoms with van der Waals surface area (Å²) >= 11 is 0. The first-order chi connectivity index (χ1) is 9.63. The summed E-state index contributed by atoms with van der Waals surface area (Å²) in [5.41, 5.74) is 8.34. The van der Waals surface area contributed by atoms with Crippen molar-refractivity contribution in [3.8, 4) is 0 Å². The van der Waals surface area contributed by atoms with E-state index in [0.29, 0.717) is 6.54 Å². The number of para-hydroxylation sites is 1. The molecule has 1 amide bonds. The third kappa shape index (κ3) is 5.02. The summed E-state index contributed by atoms with van der Waals surface area (Å²) in [6, 6.07) is 8.07. The van der Waals surface area contributed by atoms with E-state index in [1.54, 1.807) is 0 Å². The van der Waals surface area contributed by atoms with Gasteiger partial charge in [-0.05, 0) is 25.0 Å². The van der Waals surface area contributed by atoms with Crippen LogP contribution in [0.3, 0.4) is 0 Å². The molecule has 0 aromatic heterocycles. The number of nitrogens with one attached hydrogen (secondary N) is 1. The molecule has 1 aromatic rings. The highest BCUT2D eigenvalue weighted by atomic mass is 35.5. The predicted octanol–water partition coefficient (Wildman–Crippen LogP) is 1.37. The second-order valence-corrected chi connectivity index (χ2v) is 5.23. The molecule has 3 N–H and O–H groups in total. The summed E-state index contributed by atoms with van der Waals surface area (Å²) in [7, 11) is 1.54. The maximum atomic E-state index is 11.8. The number of hydrogen-bond donors (Lipinski definition) is 2. The van der Waals surface area contributed by atoms with Gasteiger partial charge >= 0.3 is 0 Å². The second kappa shape index (κ2) is 9.90. The summed E-state index contributed by atoms with van der Waals surface area (Å²) in [6.07, 6.45) is 1.07. The number of carbonyl (C=O) groups is 1. The van der Waals surface area contributed by atoms with E-state index in [2.05, 4.69) is 41.4 Å². The first-order valence-electron chi connectivity index (χ1n) is 7.00. The lowest BCUT2D eigenvalue weighted by molar-refractivity contribution is -0.123. The van der Waals surface area contributed by atoms with Crippen molar-refractivity contribution in [3.63, 3.8) is 0 Å². The molecule has 1 aromatic carbocycles. The molecule has 1 aliphatic heterocycles. The number of nitrogens with zero attached hydrogens (tertiary/aromatic N) is 1. The molecule has 0 spiro atoms. The van der Waals surface area contributed by atoms with Gasteiger partial charge in [0.05, 0.1) is 6.61 Å². The van der Waals surface area contributed by atoms with Crippen LogP contribution in [0.2, 0.25) is 0 Å². The fourth-order valence-electron chi connectivity index (χ4n) is 2.57. The quantitative estimate of drug-likeness (QED) is 0.813. The highest BCUT2D eigenvalue weighted by Gasteiger charge is 2.23. The van der Waals surface area contributed by atoms with E-state index in [1.807, 2.05) is 0 Å². The smallest absolute Gasteiger partial charge is 0.239 e. The molecule has 0 bridgehead atoms. The zero-order valence-corrected chi connectivity index (χ0v) is 14.6. The van der Waals surface area contributed by atoms with Gasteiger partial charge in [0.15, 0.2) is 0 Å². The first-order valence-corrected chi connectivity index (χ1v) is 7.00. The van der Waals surface area contributed by atoms with Crippen LogP contribution in [-0.2, 0) is 16.0 Å². The van der Waals surface area contributed by atoms with Crippen LogP contribution in [0.25, 0.3) is 0 Å². The van der Waals surface area contributed by atoms with Gasteiger partial charge in [-0.25, -0.2) is 0 Å². The first kappa shape index (κ1) is 21.0. The summed E-state index contributed by atoms with van der Waals surface area (Å²) < 4.78 is 4.88. The fraction of sp³-hybridized carbons (Fsp3) is 0.533. The van der Waals surface area contributed by atoms with Crippen molar-refractivity contribution >= 4 is 36.4 Å². The van der Waals surface area contributed by atoms with E-state index >= 15 is 0 Å². The molecule has 7 heteroatoms. The van der Waals surface area contributed by atoms with Crippen molar-refractivity contribution in [2.75, 3.05) is 31.7 Å². The van der Waals surface area contributed by atoms with Gasteiger partial charge < -0.3 is 20.7 Å². The second-order valence-electron chi connectivity index (χ2n) is 5.23. The van der Waals surface area contributed by atoms with Crippen LogP contribution >= 0.6 is 24.8 Å². The zero-order valence-electron chi connectivity index (χ0n) is 13.0. The Balaban J connectivity index is 0.00000220. The SMILES string of the molecule is COCC(N)C(=O)NCC(C)N1CCc2ccccc21.Cl.Cl. The molecular formula is C15H25Cl2N3O2. The molecule has 0 saturated carbocycles. The van der Waals surface area contributed by atoms with Gasteiger partial charge in [0.1, 0.15) is 6.04 Å². The lowest BCUT2D eigenvalue weighted by Gasteiger charge is -2.28. The molecule has 2 unspecified atom stereocenters. The number of benzene rings is 1. The van der Waals surface area contributed by atoms with Crippen LogP contribution < -0.4 is 16.0 Å². The number of halogens is 2. The molecule has 1 heterocycles. The Labute approximate surface area is 144 Å². The zero-order chi connectivity index (χ0) is 14.5. The van der Waals surface area contributed by atoms with Gasteiger partial charge in [-0.1, -0.05) is 18.2 Å². The van der Waals surface area contributed by atoms with E-state index in [0.717, 1.165) is 13.0 Å². The van der Waals surface area contributed by atoms with Crippen molar-refractivity contribution in [1.29, 1.82) is 0 Å². The van der Waals surface area contributed by atoms with E-state index in [1.165, 1.54) is 18.4 Å². The van der Waals surface area contributed by atoms with Crippen molar-refractivity contribution < 1.29 is 9.53 Å². The molecule has 2 rings (SSSR count). The predicted molar refractivity (Wildman–Crippen MR) is 94.3 cm³/mol. The molecule has 22 heavy (non-hydrogen) atoms. The Morgan fingerprint density at radius 2 is 2.09 bits per heavy atom. The highest BCUT2D eigenvalue weighted by molar-refractivity contribution is 5.85. The molecule has 2 atom stereocenters. The Bertz CT molecular complexity index is 474. The van der Waals surface area contributed by atoms with Gasteiger partial charge in [0, 0.05) is 31.9 Å². The van der Waals surface area contributed by atoms with E-state index in [4.69, 9.17) is 10.5 Å². The minimum Gasteiger partial charge on any atom is -0.383 e. The van der Waals surface area contributed by atoms with Gasteiger partial charge in [-0.3, -0.25) is 4.79 Å². The summed E-state index contributed by atoms with van der Waals surface area (Å²) in [5, 5.41) is 2.89. The Hall–Kier alpha value is -1.01. The van der Waals surface area contributed by atoms with Crippen molar-refractivity contribution in [3.05, 3.63) is 29.8 Å². The Morgan fingerprint density at radius 3 is 2.77 bits per heavy atom. The van der Waals surface area contributed by atoms with E-state index in [-0.39, 0.29) is 43.4 Å². The van der Waals surface area contributed by atoms with Crippen LogP contribution in [0, 0.1) is 0 Å². The van der Waals surface area contributed by atoms with Crippen LogP contribution in [0.5, 0.6) is 0 Å². The lowest BCUT2D eigenvalue weighted by Crippen LogP contribution is -2.48. The van der Waals surface area contributed by atoms with Crippen LogP contribution in [0.15, 0.2) is 24.3 Å². The average Bonchev–Trinajstić information content (AvgIpc) is 2.88. The fourth-order valence-corrected chi connectivity index (χ4v) is 2.57. The van der Waals surface area contributed by atoms with E-state index in [9.17, 15) is 4.79 Å². The molecule has 5 nitrogen and oxygen atoms in total. The van der Waals surface area contributed by atoms with Crippen LogP contribution in [0.4, 0.5) is 5.69 Å². The summed E-state index contributed by atoms with van der Waals surface area (Å²) in [5.74, 6) is -0.161. The van der Waals surface area contributed by atoms with Crippen molar-refractivity contribution in [2.24, 2.45) is 5.73 Å². The largest absolute Gasteiger partial charge is 0.383 e. The highest BCUT2D eigenvalue weighted by Crippen LogP contribution is 2.28. The molecule has 0 saturated heterocycles. The monoisotopic (exact) mass is 349 g/mol. The van der Waals surface area contributed by atoms with Crippen LogP contribution in [0.1, 0.15) is 12.5 Å². The molecule has 0 fully saturated rings. The van der Waals surface area contributed by atoms with E-state index < -0.39 is 6.04 Å². The third-order valence-electron chi connectivity index (χ3n) is 3.71. The lowest BCUT2D eigenvalue weighted by atomic mass is 10.2. The van der Waals surface area contributed by atoms with Crippen LogP contribution in [-0.4, -0.2) is 44.8 Å². The topological polar surface area (TPSA) is 67.6 Å². The minimum atomic E-state index is -0.599. The number of nitrogens with two attached hydrogens (primary N) is 1. The standard InChI is InChI=1S/C15H23N3O2.2ClH/c1-11(9-17-15(19)13(16)10-20-2)18-8-7-12-5-3-4-6-14(12)18;;/h3-6,11,13H,7-10,16H2,1-2H3,(H,17,19);2*1H. The number of methoxy groups -OCH3 is 1. The number of hydrogen-bond acceptors (Lipinski definition) is 4. The number of fused-ring (bicyclic) bond motifs is 1. The van der Waals surface area contributed by atoms with Gasteiger partial charge in [0.2, 0.25) is 5.91 Å². The third-order valence-corrected chi connectivity index (χ3v) is 3.71. The number of carbonyl (C=O) groups excluding carboxylic acids is 1. The molecule has 0 radical (unpaired) electrons. The molecule has 1 aliphatic rings. The van der Waals surface area contributed by atoms with Gasteiger partial charge in [-0.2, -0.15) is 0 Å². The summed E-state index contributed by atoms with van der Waals surface area (Å²) in [4.78, 5) is 14.1. The Kier molecular flexibility index (Phi) is 9.44. The van der Waals surface area contributed by atoms with Gasteiger partial charge in [0.25, 0.3) is 0 Å². The molecule has 0 aliphatic carbocycles. The number of ether oxygens (including phenoxy) is 1. The molecular weight excluding hydrogens is 325 g/mol. The Morgan fingerprint density at radius 1 is 1.41 bits per heavy atom. The number of amides is 1. The number of rotatable bonds is 6. The molecule has 126 valence electrons. The van der Waals surface area contributed by atoms with Gasteiger partial charge in [-0.15, -0.1) is 24.8 Å². The maximum absolute atomic E-state index is 11.8. The number of anilines is 1.